The number of nitrogens with zero attached hydrogens (tertiary/aromatic N) is 1. The fourth-order valence-electron chi connectivity index (χ4n) is 2.53. The van der Waals surface area contributed by atoms with Crippen molar-refractivity contribution in [1.29, 1.82) is 0 Å². The summed E-state index contributed by atoms with van der Waals surface area (Å²) in [5.41, 5.74) is 5.76. The van der Waals surface area contributed by atoms with Crippen molar-refractivity contribution in [2.24, 2.45) is 17.6 Å². The highest BCUT2D eigenvalue weighted by Gasteiger charge is 2.29. The van der Waals surface area contributed by atoms with Crippen molar-refractivity contribution >= 4 is 11.9 Å². The van der Waals surface area contributed by atoms with Crippen molar-refractivity contribution in [2.75, 3.05) is 13.1 Å². The lowest BCUT2D eigenvalue weighted by Crippen LogP contribution is -2.48. The second-order valence-corrected chi connectivity index (χ2v) is 5.28. The van der Waals surface area contributed by atoms with Crippen LogP contribution in [0.5, 0.6) is 0 Å². The van der Waals surface area contributed by atoms with E-state index in [-0.39, 0.29) is 24.2 Å². The third-order valence-electron chi connectivity index (χ3n) is 3.83. The third kappa shape index (κ3) is 3.98. The van der Waals surface area contributed by atoms with Crippen molar-refractivity contribution in [3.05, 3.63) is 0 Å². The average Bonchev–Trinajstić information content (AvgIpc) is 2.36. The lowest BCUT2D eigenvalue weighted by molar-refractivity contribution is -0.138. The summed E-state index contributed by atoms with van der Waals surface area (Å²) >= 11 is 0. The highest BCUT2D eigenvalue weighted by molar-refractivity contribution is 5.81. The maximum Gasteiger partial charge on any atom is 0.303 e. The molecule has 0 aromatic rings. The number of aliphatic carboxylic acids is 1. The minimum Gasteiger partial charge on any atom is -0.481 e. The molecule has 1 aliphatic heterocycles. The lowest BCUT2D eigenvalue weighted by atomic mass is 9.84. The zero-order valence-corrected chi connectivity index (χ0v) is 11.3. The van der Waals surface area contributed by atoms with Gasteiger partial charge in [-0.05, 0) is 31.1 Å². The average molecular weight is 256 g/mol. The fraction of sp³-hybridized carbons (Fsp3) is 0.846. The van der Waals surface area contributed by atoms with Gasteiger partial charge >= 0.3 is 5.97 Å². The summed E-state index contributed by atoms with van der Waals surface area (Å²) < 4.78 is 0. The van der Waals surface area contributed by atoms with Crippen molar-refractivity contribution in [2.45, 2.75) is 45.6 Å². The Morgan fingerprint density at radius 3 is 2.72 bits per heavy atom. The molecule has 1 fully saturated rings. The van der Waals surface area contributed by atoms with E-state index in [1.165, 1.54) is 0 Å². The zero-order chi connectivity index (χ0) is 13.7. The minimum atomic E-state index is -0.767. The topological polar surface area (TPSA) is 83.6 Å². The van der Waals surface area contributed by atoms with Crippen LogP contribution in [0.25, 0.3) is 0 Å². The molecule has 0 aliphatic carbocycles. The van der Waals surface area contributed by atoms with Crippen LogP contribution in [0.3, 0.4) is 0 Å². The minimum absolute atomic E-state index is 0.00438. The number of carbonyl (C=O) groups excluding carboxylic acids is 1. The van der Waals surface area contributed by atoms with Crippen LogP contribution in [0.2, 0.25) is 0 Å². The predicted octanol–water partition coefficient (Wildman–Crippen LogP) is 1.07. The predicted molar refractivity (Wildman–Crippen MR) is 69.0 cm³/mol. The van der Waals surface area contributed by atoms with E-state index in [0.29, 0.717) is 13.0 Å². The van der Waals surface area contributed by atoms with E-state index in [2.05, 4.69) is 0 Å². The maximum absolute atomic E-state index is 12.0. The van der Waals surface area contributed by atoms with E-state index in [1.54, 1.807) is 4.90 Å². The van der Waals surface area contributed by atoms with Crippen molar-refractivity contribution < 1.29 is 14.7 Å². The molecule has 0 aromatic carbocycles. The molecule has 3 atom stereocenters. The summed E-state index contributed by atoms with van der Waals surface area (Å²) in [6, 6.07) is -0.418. The Bertz CT molecular complexity index is 307. The first-order valence-corrected chi connectivity index (χ1v) is 6.71. The molecule has 0 bridgehead atoms. The second-order valence-electron chi connectivity index (χ2n) is 5.28. The number of hydrogen-bond donors (Lipinski definition) is 2. The molecule has 104 valence electrons. The molecule has 1 rings (SSSR count). The maximum atomic E-state index is 12.0. The number of carboxylic acid groups (broad SMARTS) is 1. The molecule has 1 heterocycles. The van der Waals surface area contributed by atoms with Crippen molar-refractivity contribution in [3.8, 4) is 0 Å². The van der Waals surface area contributed by atoms with Gasteiger partial charge in [-0.25, -0.2) is 0 Å². The van der Waals surface area contributed by atoms with Gasteiger partial charge in [0.2, 0.25) is 5.91 Å². The van der Waals surface area contributed by atoms with Crippen LogP contribution in [-0.2, 0) is 9.59 Å². The zero-order valence-electron chi connectivity index (χ0n) is 11.3. The van der Waals surface area contributed by atoms with Crippen LogP contribution in [0, 0.1) is 11.8 Å². The molecular formula is C13H24N2O3. The molecule has 0 aromatic heterocycles. The van der Waals surface area contributed by atoms with E-state index in [0.717, 1.165) is 19.4 Å². The van der Waals surface area contributed by atoms with Crippen LogP contribution < -0.4 is 5.73 Å². The smallest absolute Gasteiger partial charge is 0.303 e. The van der Waals surface area contributed by atoms with Crippen LogP contribution in [0.4, 0.5) is 0 Å². The summed E-state index contributed by atoms with van der Waals surface area (Å²) in [6.45, 7) is 5.26. The molecule has 0 spiro atoms. The van der Waals surface area contributed by atoms with Crippen LogP contribution in [-0.4, -0.2) is 41.0 Å². The molecule has 0 saturated carbocycles. The van der Waals surface area contributed by atoms with Crippen molar-refractivity contribution in [1.82, 2.24) is 4.90 Å². The number of carboxylic acids is 1. The van der Waals surface area contributed by atoms with Crippen LogP contribution in [0.1, 0.15) is 39.5 Å². The summed E-state index contributed by atoms with van der Waals surface area (Å²) in [5, 5.41) is 8.82. The summed E-state index contributed by atoms with van der Waals surface area (Å²) in [4.78, 5) is 24.5. The van der Waals surface area contributed by atoms with Gasteiger partial charge in [-0.1, -0.05) is 13.8 Å². The van der Waals surface area contributed by atoms with E-state index in [9.17, 15) is 9.59 Å². The van der Waals surface area contributed by atoms with E-state index in [1.807, 2.05) is 13.8 Å². The largest absolute Gasteiger partial charge is 0.481 e. The number of likely N-dealkylation sites (tertiary alicyclic amines) is 1. The molecule has 1 amide bonds. The normalized spacial score (nSPS) is 23.5. The number of piperidine rings is 1. The monoisotopic (exact) mass is 256 g/mol. The number of carbonyl (C=O) groups is 2. The first-order chi connectivity index (χ1) is 8.45. The number of nitrogens with two attached hydrogens (primary N) is 1. The van der Waals surface area contributed by atoms with Gasteiger partial charge in [0.1, 0.15) is 0 Å². The Kier molecular flexibility index (Phi) is 5.59. The van der Waals surface area contributed by atoms with E-state index >= 15 is 0 Å². The Balaban J connectivity index is 2.55. The number of amides is 1. The van der Waals surface area contributed by atoms with Gasteiger partial charge in [0.25, 0.3) is 0 Å². The highest BCUT2D eigenvalue weighted by atomic mass is 16.4. The molecule has 2 unspecified atom stereocenters. The quantitative estimate of drug-likeness (QED) is 0.770. The standard InChI is InChI=1S/C13H24N2O3/c1-3-11(14)13(18)15-6-4-5-10(8-15)9(2)7-12(16)17/h9-11H,3-8,14H2,1-2H3,(H,16,17)/t9?,10?,11-/m1/s1. The van der Waals surface area contributed by atoms with Gasteiger partial charge in [0.05, 0.1) is 6.04 Å². The van der Waals surface area contributed by atoms with Crippen molar-refractivity contribution in [3.63, 3.8) is 0 Å². The second kappa shape index (κ2) is 6.73. The Labute approximate surface area is 108 Å². The molecule has 5 nitrogen and oxygen atoms in total. The summed E-state index contributed by atoms with van der Waals surface area (Å²) in [7, 11) is 0. The Hall–Kier alpha value is -1.10. The van der Waals surface area contributed by atoms with Crippen LogP contribution >= 0.6 is 0 Å². The molecule has 1 saturated heterocycles. The molecule has 1 aliphatic rings. The summed E-state index contributed by atoms with van der Waals surface area (Å²) in [6.07, 6.45) is 2.76. The first-order valence-electron chi connectivity index (χ1n) is 6.71. The first kappa shape index (κ1) is 15.0. The number of rotatable bonds is 5. The molecular weight excluding hydrogens is 232 g/mol. The SMILES string of the molecule is CC[C@@H](N)C(=O)N1CCCC(C(C)CC(=O)O)C1. The molecule has 3 N–H and O–H groups in total. The lowest BCUT2D eigenvalue weighted by Gasteiger charge is -2.36. The molecule has 18 heavy (non-hydrogen) atoms. The number of hydrogen-bond acceptors (Lipinski definition) is 3. The summed E-state index contributed by atoms with van der Waals surface area (Å²) in [5.74, 6) is -0.375. The van der Waals surface area contributed by atoms with Gasteiger partial charge in [-0.3, -0.25) is 9.59 Å². The van der Waals surface area contributed by atoms with E-state index < -0.39 is 12.0 Å². The van der Waals surface area contributed by atoms with Crippen LogP contribution in [0.15, 0.2) is 0 Å². The molecule has 5 heteroatoms. The van der Waals surface area contributed by atoms with Gasteiger partial charge in [0.15, 0.2) is 0 Å². The van der Waals surface area contributed by atoms with E-state index in [4.69, 9.17) is 10.8 Å². The molecule has 0 radical (unpaired) electrons. The van der Waals surface area contributed by atoms with Gasteiger partial charge in [-0.2, -0.15) is 0 Å². The fourth-order valence-corrected chi connectivity index (χ4v) is 2.53. The van der Waals surface area contributed by atoms with Gasteiger partial charge < -0.3 is 15.7 Å². The Morgan fingerprint density at radius 2 is 2.17 bits per heavy atom. The third-order valence-corrected chi connectivity index (χ3v) is 3.83. The van der Waals surface area contributed by atoms with Gasteiger partial charge in [0, 0.05) is 19.5 Å². The Morgan fingerprint density at radius 1 is 1.50 bits per heavy atom. The van der Waals surface area contributed by atoms with Gasteiger partial charge in [-0.15, -0.1) is 0 Å². The highest BCUT2D eigenvalue weighted by Crippen LogP contribution is 2.26.